The van der Waals surface area contributed by atoms with Crippen molar-refractivity contribution >= 4 is 27.5 Å². The molecule has 1 saturated heterocycles. The summed E-state index contributed by atoms with van der Waals surface area (Å²) in [5.74, 6) is 0.660. The van der Waals surface area contributed by atoms with Gasteiger partial charge in [-0.25, -0.2) is 0 Å². The highest BCUT2D eigenvalue weighted by molar-refractivity contribution is 9.10. The number of likely N-dealkylation sites (tertiary alicyclic amines) is 1. The molecule has 0 amide bonds. The van der Waals surface area contributed by atoms with Crippen LogP contribution in [0, 0.1) is 0 Å². The van der Waals surface area contributed by atoms with Gasteiger partial charge in [0.15, 0.2) is 0 Å². The summed E-state index contributed by atoms with van der Waals surface area (Å²) in [4.78, 5) is 2.10. The fraction of sp³-hybridized carbons (Fsp3) is 0.400. The largest absolute Gasteiger partial charge is 0.489 e. The van der Waals surface area contributed by atoms with Crippen molar-refractivity contribution in [2.75, 3.05) is 19.6 Å². The topological polar surface area (TPSA) is 52.9 Å². The van der Waals surface area contributed by atoms with Crippen LogP contribution in [0.3, 0.4) is 0 Å². The maximum absolute atomic E-state index is 10.8. The molecule has 2 atom stereocenters. The molecule has 1 heterocycles. The van der Waals surface area contributed by atoms with Gasteiger partial charge in [-0.05, 0) is 55.3 Å². The number of ether oxygens (including phenoxy) is 1. The molecule has 0 bridgehead atoms. The van der Waals surface area contributed by atoms with E-state index in [1.807, 2.05) is 42.5 Å². The first-order valence-corrected chi connectivity index (χ1v) is 9.93. The van der Waals surface area contributed by atoms with Crippen molar-refractivity contribution in [2.24, 2.45) is 0 Å². The van der Waals surface area contributed by atoms with E-state index >= 15 is 0 Å². The van der Waals surface area contributed by atoms with E-state index in [4.69, 9.17) is 16.3 Å². The Kier molecular flexibility index (Phi) is 6.95. The minimum absolute atomic E-state index is 0.306. The number of aliphatic hydroxyl groups excluding tert-OH is 2. The van der Waals surface area contributed by atoms with Crippen molar-refractivity contribution in [3.05, 3.63) is 63.1 Å². The highest BCUT2D eigenvalue weighted by atomic mass is 79.9. The summed E-state index contributed by atoms with van der Waals surface area (Å²) in [5, 5.41) is 21.3. The van der Waals surface area contributed by atoms with Crippen LogP contribution in [0.5, 0.6) is 5.75 Å². The minimum atomic E-state index is -0.682. The van der Waals surface area contributed by atoms with E-state index in [1.54, 1.807) is 0 Å². The Balaban J connectivity index is 1.69. The molecule has 2 unspecified atom stereocenters. The number of halogens is 2. The third kappa shape index (κ3) is 5.44. The zero-order valence-corrected chi connectivity index (χ0v) is 16.8. The second kappa shape index (κ2) is 9.20. The van der Waals surface area contributed by atoms with E-state index in [-0.39, 0.29) is 6.10 Å². The number of β-amino-alcohol motifs (C(OH)–C–C–N with tert-alkyl or cyclic N) is 2. The SMILES string of the molecule is OC1CCCN(CC(O)c2cc(Br)ccc2OCc2ccc(Cl)cc2)C1. The second-order valence-electron chi connectivity index (χ2n) is 6.67. The molecule has 140 valence electrons. The molecule has 2 N–H and O–H groups in total. The third-order valence-electron chi connectivity index (χ3n) is 4.55. The molecule has 0 aromatic heterocycles. The predicted octanol–water partition coefficient (Wildman–Crippen LogP) is 4.17. The van der Waals surface area contributed by atoms with Crippen LogP contribution in [0.15, 0.2) is 46.9 Å². The summed E-state index contributed by atoms with van der Waals surface area (Å²) >= 11 is 9.38. The van der Waals surface area contributed by atoms with Crippen molar-refractivity contribution in [2.45, 2.75) is 31.7 Å². The maximum atomic E-state index is 10.8. The number of piperidine rings is 1. The van der Waals surface area contributed by atoms with Crippen LogP contribution in [0.4, 0.5) is 0 Å². The molecule has 0 aliphatic carbocycles. The molecule has 1 aliphatic rings. The van der Waals surface area contributed by atoms with E-state index in [1.165, 1.54) is 0 Å². The van der Waals surface area contributed by atoms with Gasteiger partial charge in [-0.15, -0.1) is 0 Å². The monoisotopic (exact) mass is 439 g/mol. The molecule has 0 spiro atoms. The molecule has 0 radical (unpaired) electrons. The minimum Gasteiger partial charge on any atom is -0.489 e. The number of rotatable bonds is 6. The third-order valence-corrected chi connectivity index (χ3v) is 5.30. The van der Waals surface area contributed by atoms with Crippen LogP contribution in [-0.2, 0) is 6.61 Å². The predicted molar refractivity (Wildman–Crippen MR) is 107 cm³/mol. The van der Waals surface area contributed by atoms with E-state index in [0.717, 1.165) is 35.0 Å². The van der Waals surface area contributed by atoms with Gasteiger partial charge in [-0.1, -0.05) is 39.7 Å². The number of hydrogen-bond donors (Lipinski definition) is 2. The van der Waals surface area contributed by atoms with E-state index in [9.17, 15) is 10.2 Å². The zero-order valence-electron chi connectivity index (χ0n) is 14.4. The van der Waals surface area contributed by atoms with Crippen molar-refractivity contribution in [1.82, 2.24) is 4.90 Å². The molecule has 0 saturated carbocycles. The Morgan fingerprint density at radius 3 is 2.73 bits per heavy atom. The van der Waals surface area contributed by atoms with Crippen molar-refractivity contribution in [3.8, 4) is 5.75 Å². The first kappa shape index (κ1) is 19.6. The number of hydrogen-bond acceptors (Lipinski definition) is 4. The van der Waals surface area contributed by atoms with E-state index < -0.39 is 6.10 Å². The Labute approximate surface area is 167 Å². The Morgan fingerprint density at radius 1 is 1.23 bits per heavy atom. The van der Waals surface area contributed by atoms with Crippen LogP contribution >= 0.6 is 27.5 Å². The summed E-state index contributed by atoms with van der Waals surface area (Å²) in [5.41, 5.74) is 1.75. The van der Waals surface area contributed by atoms with Gasteiger partial charge in [0.2, 0.25) is 0 Å². The van der Waals surface area contributed by atoms with Crippen molar-refractivity contribution in [1.29, 1.82) is 0 Å². The molecule has 1 fully saturated rings. The quantitative estimate of drug-likeness (QED) is 0.708. The second-order valence-corrected chi connectivity index (χ2v) is 8.02. The maximum Gasteiger partial charge on any atom is 0.125 e. The highest BCUT2D eigenvalue weighted by Crippen LogP contribution is 2.30. The van der Waals surface area contributed by atoms with Crippen molar-refractivity contribution in [3.63, 3.8) is 0 Å². The molecule has 1 aliphatic heterocycles. The van der Waals surface area contributed by atoms with Gasteiger partial charge in [-0.2, -0.15) is 0 Å². The molecule has 2 aromatic rings. The van der Waals surface area contributed by atoms with Gasteiger partial charge >= 0.3 is 0 Å². The first-order chi connectivity index (χ1) is 12.5. The van der Waals surface area contributed by atoms with E-state index in [0.29, 0.717) is 30.5 Å². The fourth-order valence-electron chi connectivity index (χ4n) is 3.19. The summed E-state index contributed by atoms with van der Waals surface area (Å²) in [6, 6.07) is 13.2. The Bertz CT molecular complexity index is 725. The first-order valence-electron chi connectivity index (χ1n) is 8.76. The highest BCUT2D eigenvalue weighted by Gasteiger charge is 2.22. The molecule has 3 rings (SSSR count). The molecule has 6 heteroatoms. The van der Waals surface area contributed by atoms with Gasteiger partial charge in [0.25, 0.3) is 0 Å². The smallest absolute Gasteiger partial charge is 0.125 e. The van der Waals surface area contributed by atoms with Crippen LogP contribution in [-0.4, -0.2) is 40.9 Å². The summed E-state index contributed by atoms with van der Waals surface area (Å²) in [6.07, 6.45) is 0.794. The van der Waals surface area contributed by atoms with Crippen LogP contribution < -0.4 is 4.74 Å². The molecule has 26 heavy (non-hydrogen) atoms. The average Bonchev–Trinajstić information content (AvgIpc) is 2.62. The number of nitrogens with zero attached hydrogens (tertiary/aromatic N) is 1. The summed E-state index contributed by atoms with van der Waals surface area (Å²) in [6.45, 7) is 2.38. The summed E-state index contributed by atoms with van der Waals surface area (Å²) < 4.78 is 6.85. The van der Waals surface area contributed by atoms with Gasteiger partial charge in [0, 0.05) is 28.1 Å². The van der Waals surface area contributed by atoms with Gasteiger partial charge in [0.05, 0.1) is 12.2 Å². The van der Waals surface area contributed by atoms with E-state index in [2.05, 4.69) is 20.8 Å². The fourth-order valence-corrected chi connectivity index (χ4v) is 3.70. The van der Waals surface area contributed by atoms with Crippen LogP contribution in [0.2, 0.25) is 5.02 Å². The normalized spacial score (nSPS) is 19.3. The molecular formula is C20H23BrClNO3. The van der Waals surface area contributed by atoms with Crippen molar-refractivity contribution < 1.29 is 14.9 Å². The molecular weight excluding hydrogens is 418 g/mol. The Hall–Kier alpha value is -1.11. The van der Waals surface area contributed by atoms with Gasteiger partial charge < -0.3 is 14.9 Å². The molecule has 4 nitrogen and oxygen atoms in total. The Morgan fingerprint density at radius 2 is 2.00 bits per heavy atom. The van der Waals surface area contributed by atoms with Crippen LogP contribution in [0.25, 0.3) is 0 Å². The zero-order chi connectivity index (χ0) is 18.5. The average molecular weight is 441 g/mol. The standard InChI is InChI=1S/C20H23BrClNO3/c21-15-5-8-20(26-13-14-3-6-16(22)7-4-14)18(10-15)19(25)12-23-9-1-2-17(24)11-23/h3-8,10,17,19,24-25H,1-2,9,11-13H2. The number of benzene rings is 2. The molecule has 2 aromatic carbocycles. The van der Waals surface area contributed by atoms with Crippen LogP contribution in [0.1, 0.15) is 30.1 Å². The lowest BCUT2D eigenvalue weighted by atomic mass is 10.0. The summed E-state index contributed by atoms with van der Waals surface area (Å²) in [7, 11) is 0. The van der Waals surface area contributed by atoms with Gasteiger partial charge in [-0.3, -0.25) is 4.90 Å². The lowest BCUT2D eigenvalue weighted by molar-refractivity contribution is 0.0383. The van der Waals surface area contributed by atoms with Gasteiger partial charge in [0.1, 0.15) is 12.4 Å². The number of aliphatic hydroxyl groups is 2. The lowest BCUT2D eigenvalue weighted by Gasteiger charge is -2.31. The lowest BCUT2D eigenvalue weighted by Crippen LogP contribution is -2.40.